The summed E-state index contributed by atoms with van der Waals surface area (Å²) >= 11 is 0. The minimum Gasteiger partial charge on any atom is -0.462 e. The molecule has 0 bridgehead atoms. The van der Waals surface area contributed by atoms with Gasteiger partial charge in [0.1, 0.15) is 6.61 Å². The van der Waals surface area contributed by atoms with Crippen LogP contribution in [0.5, 0.6) is 0 Å². The first-order chi connectivity index (χ1) is 29.1. The fraction of sp³-hybridized carbons (Fsp3) is 0.741. The number of hydrogen-bond acceptors (Lipinski definition) is 5. The lowest BCUT2D eigenvalue weighted by Gasteiger charge is -2.15. The topological polar surface area (TPSA) is 72.8 Å². The zero-order chi connectivity index (χ0) is 42.8. The maximum atomic E-state index is 12.2. The van der Waals surface area contributed by atoms with Gasteiger partial charge in [0, 0.05) is 12.8 Å². The van der Waals surface area contributed by atoms with Crippen LogP contribution in [-0.4, -0.2) is 36.4 Å². The second kappa shape index (κ2) is 49.7. The molecule has 1 atom stereocenters. The normalized spacial score (nSPS) is 12.8. The third kappa shape index (κ3) is 47.9. The first-order valence-corrected chi connectivity index (χ1v) is 25.0. The van der Waals surface area contributed by atoms with E-state index in [-0.39, 0.29) is 25.2 Å². The van der Waals surface area contributed by atoms with Gasteiger partial charge in [0.25, 0.3) is 0 Å². The van der Waals surface area contributed by atoms with Gasteiger partial charge in [-0.2, -0.15) is 0 Å². The predicted octanol–water partition coefficient (Wildman–Crippen LogP) is 16.5. The minimum absolute atomic E-state index is 0.0644. The number of unbranched alkanes of at least 4 members (excludes halogenated alkanes) is 25. The second-order valence-corrected chi connectivity index (χ2v) is 16.5. The standard InChI is InChI=1S/C54H94O5/c1-3-5-7-9-11-13-15-17-18-19-20-21-22-23-24-25-26-27-28-29-30-31-32-33-34-35-36-37-39-41-43-45-47-49-54(57)59-52(50-55)51-58-53(56)48-46-44-42-40-38-16-14-12-10-8-6-4-2/h5,7,11,13,17-18,20-21,23-24,26-27,52,55H,3-4,6,8-10,12,14-16,19,22,25,28-51H2,1-2H3/b7-5-,13-11-,18-17-,21-20-,24-23-,27-26-. The number of ether oxygens (including phenoxy) is 2. The molecule has 0 aliphatic rings. The summed E-state index contributed by atoms with van der Waals surface area (Å²) in [6, 6.07) is 0. The highest BCUT2D eigenvalue weighted by atomic mass is 16.6. The van der Waals surface area contributed by atoms with Crippen LogP contribution in [0.3, 0.4) is 0 Å². The molecule has 0 aromatic rings. The fourth-order valence-electron chi connectivity index (χ4n) is 7.03. The lowest BCUT2D eigenvalue weighted by atomic mass is 10.0. The molecule has 0 aromatic carbocycles. The number of carbonyl (C=O) groups excluding carboxylic acids is 2. The van der Waals surface area contributed by atoms with E-state index in [9.17, 15) is 14.7 Å². The molecule has 0 aromatic heterocycles. The molecule has 59 heavy (non-hydrogen) atoms. The van der Waals surface area contributed by atoms with Crippen molar-refractivity contribution in [3.8, 4) is 0 Å². The summed E-state index contributed by atoms with van der Waals surface area (Å²) in [6.45, 7) is 4.03. The Morgan fingerprint density at radius 1 is 0.407 bits per heavy atom. The van der Waals surface area contributed by atoms with Gasteiger partial charge in [-0.3, -0.25) is 9.59 Å². The number of carbonyl (C=O) groups is 2. The zero-order valence-electron chi connectivity index (χ0n) is 38.7. The molecule has 5 heteroatoms. The summed E-state index contributed by atoms with van der Waals surface area (Å²) < 4.78 is 10.6. The summed E-state index contributed by atoms with van der Waals surface area (Å²) in [7, 11) is 0. The highest BCUT2D eigenvalue weighted by Crippen LogP contribution is 2.15. The van der Waals surface area contributed by atoms with Crippen molar-refractivity contribution in [2.45, 2.75) is 245 Å². The highest BCUT2D eigenvalue weighted by Gasteiger charge is 2.16. The first kappa shape index (κ1) is 56.3. The molecular formula is C54H94O5. The molecule has 0 saturated heterocycles. The van der Waals surface area contributed by atoms with E-state index >= 15 is 0 Å². The Labute approximate surface area is 365 Å². The second-order valence-electron chi connectivity index (χ2n) is 16.5. The van der Waals surface area contributed by atoms with Crippen LogP contribution in [-0.2, 0) is 19.1 Å². The Morgan fingerprint density at radius 2 is 0.729 bits per heavy atom. The molecule has 1 N–H and O–H groups in total. The number of rotatable bonds is 45. The maximum Gasteiger partial charge on any atom is 0.306 e. The number of hydrogen-bond donors (Lipinski definition) is 1. The Hall–Kier alpha value is -2.66. The SMILES string of the molecule is CC/C=C\C/C=C\C/C=C\C/C=C\C/C=C\C/C=C\CCCCCCCCCCCCCCCCC(=O)OC(CO)COC(=O)CCCCCCCCCCCCCC. The maximum absolute atomic E-state index is 12.2. The quantitative estimate of drug-likeness (QED) is 0.0376. The molecule has 0 rings (SSSR count). The number of aliphatic hydroxyl groups excluding tert-OH is 1. The van der Waals surface area contributed by atoms with Crippen LogP contribution in [0.4, 0.5) is 0 Å². The van der Waals surface area contributed by atoms with E-state index < -0.39 is 6.10 Å². The molecule has 1 unspecified atom stereocenters. The first-order valence-electron chi connectivity index (χ1n) is 25.0. The van der Waals surface area contributed by atoms with Crippen LogP contribution >= 0.6 is 0 Å². The van der Waals surface area contributed by atoms with E-state index in [1.165, 1.54) is 135 Å². The third-order valence-corrected chi connectivity index (χ3v) is 10.8. The molecule has 340 valence electrons. The lowest BCUT2D eigenvalue weighted by Crippen LogP contribution is -2.28. The Kier molecular flexibility index (Phi) is 47.5. The molecule has 0 heterocycles. The number of esters is 2. The Balaban J connectivity index is 3.49. The van der Waals surface area contributed by atoms with Crippen LogP contribution in [0.15, 0.2) is 72.9 Å². The smallest absolute Gasteiger partial charge is 0.306 e. The summed E-state index contributed by atoms with van der Waals surface area (Å²) in [5, 5.41) is 9.59. The summed E-state index contributed by atoms with van der Waals surface area (Å²) in [6.07, 6.45) is 67.1. The monoisotopic (exact) mass is 823 g/mol. The molecular weight excluding hydrogens is 729 g/mol. The Morgan fingerprint density at radius 3 is 1.10 bits per heavy atom. The van der Waals surface area contributed by atoms with Gasteiger partial charge in [0.15, 0.2) is 6.10 Å². The van der Waals surface area contributed by atoms with Crippen LogP contribution in [0, 0.1) is 0 Å². The van der Waals surface area contributed by atoms with Crippen molar-refractivity contribution >= 4 is 11.9 Å². The van der Waals surface area contributed by atoms with Crippen molar-refractivity contribution in [1.82, 2.24) is 0 Å². The number of allylic oxidation sites excluding steroid dienone is 12. The van der Waals surface area contributed by atoms with Crippen molar-refractivity contribution in [2.24, 2.45) is 0 Å². The molecule has 0 radical (unpaired) electrons. The van der Waals surface area contributed by atoms with Crippen molar-refractivity contribution in [3.05, 3.63) is 72.9 Å². The minimum atomic E-state index is -0.771. The average molecular weight is 823 g/mol. The van der Waals surface area contributed by atoms with Crippen molar-refractivity contribution in [3.63, 3.8) is 0 Å². The van der Waals surface area contributed by atoms with Crippen LogP contribution in [0.1, 0.15) is 239 Å². The molecule has 0 saturated carbocycles. The summed E-state index contributed by atoms with van der Waals surface area (Å²) in [5.41, 5.74) is 0. The van der Waals surface area contributed by atoms with Gasteiger partial charge < -0.3 is 14.6 Å². The van der Waals surface area contributed by atoms with Crippen LogP contribution < -0.4 is 0 Å². The van der Waals surface area contributed by atoms with E-state index in [1.54, 1.807) is 0 Å². The van der Waals surface area contributed by atoms with Crippen molar-refractivity contribution in [1.29, 1.82) is 0 Å². The summed E-state index contributed by atoms with van der Waals surface area (Å²) in [4.78, 5) is 24.3. The average Bonchev–Trinajstić information content (AvgIpc) is 3.24. The van der Waals surface area contributed by atoms with E-state index in [1.807, 2.05) is 0 Å². The van der Waals surface area contributed by atoms with Crippen molar-refractivity contribution < 1.29 is 24.2 Å². The molecule has 0 fully saturated rings. The molecule has 0 aliphatic heterocycles. The van der Waals surface area contributed by atoms with Gasteiger partial charge in [-0.1, -0.05) is 234 Å². The molecule has 5 nitrogen and oxygen atoms in total. The third-order valence-electron chi connectivity index (χ3n) is 10.8. The van der Waals surface area contributed by atoms with E-state index in [0.717, 1.165) is 77.0 Å². The van der Waals surface area contributed by atoms with Gasteiger partial charge in [0.2, 0.25) is 0 Å². The van der Waals surface area contributed by atoms with Crippen LogP contribution in [0.2, 0.25) is 0 Å². The highest BCUT2D eigenvalue weighted by molar-refractivity contribution is 5.70. The van der Waals surface area contributed by atoms with Crippen molar-refractivity contribution in [2.75, 3.05) is 13.2 Å². The van der Waals surface area contributed by atoms with Gasteiger partial charge in [-0.05, 0) is 64.2 Å². The lowest BCUT2D eigenvalue weighted by molar-refractivity contribution is -0.161. The van der Waals surface area contributed by atoms with Gasteiger partial charge >= 0.3 is 11.9 Å². The fourth-order valence-corrected chi connectivity index (χ4v) is 7.03. The molecule has 0 aliphatic carbocycles. The Bertz CT molecular complexity index is 1070. The molecule has 0 spiro atoms. The van der Waals surface area contributed by atoms with E-state index in [0.29, 0.717) is 12.8 Å². The van der Waals surface area contributed by atoms with Gasteiger partial charge in [-0.15, -0.1) is 0 Å². The van der Waals surface area contributed by atoms with E-state index in [2.05, 4.69) is 86.8 Å². The predicted molar refractivity (Wildman–Crippen MR) is 256 cm³/mol. The van der Waals surface area contributed by atoms with Crippen LogP contribution in [0.25, 0.3) is 0 Å². The molecule has 0 amide bonds. The largest absolute Gasteiger partial charge is 0.462 e. The van der Waals surface area contributed by atoms with Gasteiger partial charge in [-0.25, -0.2) is 0 Å². The number of aliphatic hydroxyl groups is 1. The van der Waals surface area contributed by atoms with Gasteiger partial charge in [0.05, 0.1) is 6.61 Å². The summed E-state index contributed by atoms with van der Waals surface area (Å²) in [5.74, 6) is -0.586. The zero-order valence-corrected chi connectivity index (χ0v) is 38.7. The van der Waals surface area contributed by atoms with E-state index in [4.69, 9.17) is 9.47 Å².